The van der Waals surface area contributed by atoms with Gasteiger partial charge in [0.25, 0.3) is 5.91 Å². The van der Waals surface area contributed by atoms with Crippen LogP contribution in [-0.4, -0.2) is 25.1 Å². The molecule has 1 N–H and O–H groups in total. The van der Waals surface area contributed by atoms with Crippen LogP contribution in [0.4, 0.5) is 5.69 Å². The van der Waals surface area contributed by atoms with Crippen LogP contribution in [0.2, 0.25) is 5.02 Å². The van der Waals surface area contributed by atoms with Gasteiger partial charge in [-0.25, -0.2) is 0 Å². The van der Waals surface area contributed by atoms with Crippen molar-refractivity contribution in [2.75, 3.05) is 18.5 Å². The van der Waals surface area contributed by atoms with Crippen LogP contribution in [0.3, 0.4) is 0 Å². The number of esters is 1. The van der Waals surface area contributed by atoms with Gasteiger partial charge in [-0.15, -0.1) is 0 Å². The second kappa shape index (κ2) is 7.90. The molecule has 1 heterocycles. The molecule has 1 aliphatic rings. The van der Waals surface area contributed by atoms with E-state index in [-0.39, 0.29) is 19.1 Å². The Morgan fingerprint density at radius 1 is 1.11 bits per heavy atom. The molecule has 4 rings (SSSR count). The molecule has 1 amide bonds. The molecule has 3 aromatic carbocycles. The van der Waals surface area contributed by atoms with E-state index in [0.717, 1.165) is 22.1 Å². The Labute approximate surface area is 167 Å². The SMILES string of the molecule is O=C(COC(=O)C1COc2ccc(Cl)cc2C1)Nc1cccc2ccccc12. The van der Waals surface area contributed by atoms with E-state index in [9.17, 15) is 9.59 Å². The first-order chi connectivity index (χ1) is 13.6. The summed E-state index contributed by atoms with van der Waals surface area (Å²) >= 11 is 6.00. The number of fused-ring (bicyclic) bond motifs is 2. The van der Waals surface area contributed by atoms with Gasteiger partial charge in [-0.3, -0.25) is 9.59 Å². The summed E-state index contributed by atoms with van der Waals surface area (Å²) in [7, 11) is 0. The Bertz CT molecular complexity index is 1040. The fourth-order valence-corrected chi connectivity index (χ4v) is 3.48. The third kappa shape index (κ3) is 3.94. The average molecular weight is 396 g/mol. The number of hydrogen-bond donors (Lipinski definition) is 1. The van der Waals surface area contributed by atoms with Crippen LogP contribution in [-0.2, 0) is 20.7 Å². The maximum atomic E-state index is 12.3. The van der Waals surface area contributed by atoms with Crippen molar-refractivity contribution in [2.24, 2.45) is 5.92 Å². The van der Waals surface area contributed by atoms with Crippen LogP contribution in [0.25, 0.3) is 10.8 Å². The second-order valence-corrected chi connectivity index (χ2v) is 7.08. The number of hydrogen-bond acceptors (Lipinski definition) is 4. The number of halogens is 1. The van der Waals surface area contributed by atoms with Gasteiger partial charge in [0.2, 0.25) is 0 Å². The third-order valence-corrected chi connectivity index (χ3v) is 4.91. The van der Waals surface area contributed by atoms with Crippen molar-refractivity contribution in [1.82, 2.24) is 0 Å². The Balaban J connectivity index is 1.35. The summed E-state index contributed by atoms with van der Waals surface area (Å²) in [6, 6.07) is 18.7. The van der Waals surface area contributed by atoms with E-state index in [4.69, 9.17) is 21.1 Å². The van der Waals surface area contributed by atoms with Gasteiger partial charge < -0.3 is 14.8 Å². The number of amides is 1. The predicted molar refractivity (Wildman–Crippen MR) is 108 cm³/mol. The quantitative estimate of drug-likeness (QED) is 0.671. The lowest BCUT2D eigenvalue weighted by Crippen LogP contribution is -2.32. The molecule has 0 saturated carbocycles. The van der Waals surface area contributed by atoms with E-state index < -0.39 is 11.9 Å². The fourth-order valence-electron chi connectivity index (χ4n) is 3.29. The van der Waals surface area contributed by atoms with E-state index in [0.29, 0.717) is 17.1 Å². The zero-order valence-electron chi connectivity index (χ0n) is 15.0. The lowest BCUT2D eigenvalue weighted by atomic mass is 9.97. The minimum Gasteiger partial charge on any atom is -0.492 e. The van der Waals surface area contributed by atoms with Gasteiger partial charge in [-0.2, -0.15) is 0 Å². The van der Waals surface area contributed by atoms with E-state index in [1.165, 1.54) is 0 Å². The van der Waals surface area contributed by atoms with E-state index in [1.807, 2.05) is 42.5 Å². The molecule has 0 radical (unpaired) electrons. The molecule has 5 nitrogen and oxygen atoms in total. The molecule has 0 saturated heterocycles. The molecule has 3 aromatic rings. The molecule has 1 aliphatic heterocycles. The number of carbonyl (C=O) groups is 2. The standard InChI is InChI=1S/C22H18ClNO4/c23-17-8-9-20-15(11-17)10-16(12-27-20)22(26)28-13-21(25)24-19-7-3-5-14-4-1-2-6-18(14)19/h1-9,11,16H,10,12-13H2,(H,24,25). The topological polar surface area (TPSA) is 64.6 Å². The fraction of sp³-hybridized carbons (Fsp3) is 0.182. The normalized spacial score (nSPS) is 15.4. The largest absolute Gasteiger partial charge is 0.492 e. The zero-order valence-corrected chi connectivity index (χ0v) is 15.7. The van der Waals surface area contributed by atoms with Crippen LogP contribution in [0.15, 0.2) is 60.7 Å². The monoisotopic (exact) mass is 395 g/mol. The predicted octanol–water partition coefficient (Wildman–Crippen LogP) is 4.23. The van der Waals surface area contributed by atoms with Crippen molar-refractivity contribution in [1.29, 1.82) is 0 Å². The Morgan fingerprint density at radius 2 is 1.93 bits per heavy atom. The lowest BCUT2D eigenvalue weighted by Gasteiger charge is -2.24. The Morgan fingerprint density at radius 3 is 2.82 bits per heavy atom. The van der Waals surface area contributed by atoms with Crippen LogP contribution >= 0.6 is 11.6 Å². The highest BCUT2D eigenvalue weighted by atomic mass is 35.5. The van der Waals surface area contributed by atoms with Crippen molar-refractivity contribution in [2.45, 2.75) is 6.42 Å². The number of rotatable bonds is 4. The van der Waals surface area contributed by atoms with Gasteiger partial charge in [0.05, 0.1) is 5.92 Å². The van der Waals surface area contributed by atoms with E-state index in [1.54, 1.807) is 18.2 Å². The summed E-state index contributed by atoms with van der Waals surface area (Å²) in [5.41, 5.74) is 1.55. The molecule has 0 bridgehead atoms. The van der Waals surface area contributed by atoms with Crippen molar-refractivity contribution < 1.29 is 19.1 Å². The lowest BCUT2D eigenvalue weighted by molar-refractivity contribution is -0.152. The number of benzene rings is 3. The molecule has 0 aromatic heterocycles. The minimum absolute atomic E-state index is 0.221. The molecule has 142 valence electrons. The maximum absolute atomic E-state index is 12.3. The van der Waals surface area contributed by atoms with E-state index >= 15 is 0 Å². The molecule has 0 aliphatic carbocycles. The van der Waals surface area contributed by atoms with Crippen molar-refractivity contribution in [3.8, 4) is 5.75 Å². The Hall–Kier alpha value is -3.05. The van der Waals surface area contributed by atoms with Gasteiger partial charge in [0, 0.05) is 16.1 Å². The first-order valence-electron chi connectivity index (χ1n) is 8.95. The third-order valence-electron chi connectivity index (χ3n) is 4.67. The molecular weight excluding hydrogens is 378 g/mol. The first kappa shape index (κ1) is 18.3. The number of carbonyl (C=O) groups excluding carboxylic acids is 2. The summed E-state index contributed by atoms with van der Waals surface area (Å²) in [6.45, 7) is -0.126. The van der Waals surface area contributed by atoms with Gasteiger partial charge in [-0.05, 0) is 41.6 Å². The van der Waals surface area contributed by atoms with Crippen LogP contribution in [0, 0.1) is 5.92 Å². The van der Waals surface area contributed by atoms with Crippen molar-refractivity contribution >= 4 is 39.9 Å². The summed E-state index contributed by atoms with van der Waals surface area (Å²) in [5.74, 6) is -0.581. The number of ether oxygens (including phenoxy) is 2. The smallest absolute Gasteiger partial charge is 0.313 e. The molecular formula is C22H18ClNO4. The van der Waals surface area contributed by atoms with Gasteiger partial charge >= 0.3 is 5.97 Å². The van der Waals surface area contributed by atoms with E-state index in [2.05, 4.69) is 5.32 Å². The summed E-state index contributed by atoms with van der Waals surface area (Å²) in [4.78, 5) is 24.6. The Kier molecular flexibility index (Phi) is 5.17. The van der Waals surface area contributed by atoms with Crippen LogP contribution < -0.4 is 10.1 Å². The van der Waals surface area contributed by atoms with Crippen molar-refractivity contribution in [3.05, 3.63) is 71.2 Å². The minimum atomic E-state index is -0.462. The van der Waals surface area contributed by atoms with Crippen molar-refractivity contribution in [3.63, 3.8) is 0 Å². The molecule has 1 atom stereocenters. The number of nitrogens with one attached hydrogen (secondary N) is 1. The first-order valence-corrected chi connectivity index (χ1v) is 9.33. The molecule has 6 heteroatoms. The average Bonchev–Trinajstić information content (AvgIpc) is 2.71. The highest BCUT2D eigenvalue weighted by Gasteiger charge is 2.28. The van der Waals surface area contributed by atoms with Gasteiger partial charge in [0.1, 0.15) is 12.4 Å². The summed E-state index contributed by atoms with van der Waals surface area (Å²) in [6.07, 6.45) is 0.472. The zero-order chi connectivity index (χ0) is 19.5. The molecule has 0 spiro atoms. The molecule has 28 heavy (non-hydrogen) atoms. The van der Waals surface area contributed by atoms with Gasteiger partial charge in [-0.1, -0.05) is 48.0 Å². The molecule has 1 unspecified atom stereocenters. The summed E-state index contributed by atoms with van der Waals surface area (Å²) in [5, 5.41) is 5.34. The highest BCUT2D eigenvalue weighted by molar-refractivity contribution is 6.30. The molecule has 0 fully saturated rings. The number of anilines is 1. The van der Waals surface area contributed by atoms with Gasteiger partial charge in [0.15, 0.2) is 6.61 Å². The maximum Gasteiger partial charge on any atom is 0.313 e. The summed E-state index contributed by atoms with van der Waals surface area (Å²) < 4.78 is 10.8. The highest BCUT2D eigenvalue weighted by Crippen LogP contribution is 2.30. The van der Waals surface area contributed by atoms with Crippen LogP contribution in [0.1, 0.15) is 5.56 Å². The van der Waals surface area contributed by atoms with Crippen LogP contribution in [0.5, 0.6) is 5.75 Å². The second-order valence-electron chi connectivity index (χ2n) is 6.65.